The summed E-state index contributed by atoms with van der Waals surface area (Å²) in [5.74, 6) is -0.503. The van der Waals surface area contributed by atoms with Crippen molar-refractivity contribution in [1.29, 1.82) is 0 Å². The Morgan fingerprint density at radius 3 is 2.89 bits per heavy atom. The van der Waals surface area contributed by atoms with Crippen molar-refractivity contribution in [2.45, 2.75) is 6.92 Å². The molecule has 0 aliphatic carbocycles. The van der Waals surface area contributed by atoms with Crippen molar-refractivity contribution in [3.05, 3.63) is 34.7 Å². The van der Waals surface area contributed by atoms with E-state index in [0.717, 1.165) is 26.7 Å². The lowest BCUT2D eigenvalue weighted by Crippen LogP contribution is -2.10. The zero-order chi connectivity index (χ0) is 12.9. The minimum absolute atomic E-state index is 0.380. The summed E-state index contributed by atoms with van der Waals surface area (Å²) in [4.78, 5) is 17.0. The van der Waals surface area contributed by atoms with E-state index in [1.807, 2.05) is 31.2 Å². The van der Waals surface area contributed by atoms with E-state index < -0.39 is 5.91 Å². The van der Waals surface area contributed by atoms with Gasteiger partial charge in [-0.05, 0) is 18.6 Å². The molecule has 5 heteroatoms. The molecule has 0 saturated heterocycles. The number of nitrogens with zero attached hydrogens (tertiary/aromatic N) is 1. The first-order valence-corrected chi connectivity index (χ1v) is 6.27. The van der Waals surface area contributed by atoms with Crippen molar-refractivity contribution >= 4 is 44.1 Å². The van der Waals surface area contributed by atoms with Crippen molar-refractivity contribution < 1.29 is 4.79 Å². The van der Waals surface area contributed by atoms with Gasteiger partial charge in [0.15, 0.2) is 0 Å². The van der Waals surface area contributed by atoms with E-state index in [0.29, 0.717) is 10.6 Å². The van der Waals surface area contributed by atoms with Crippen LogP contribution < -0.4 is 11.5 Å². The normalized spacial score (nSPS) is 11.2. The molecule has 0 spiro atoms. The number of fused-ring (bicyclic) bond motifs is 2. The van der Waals surface area contributed by atoms with Gasteiger partial charge in [0.1, 0.15) is 9.71 Å². The van der Waals surface area contributed by atoms with E-state index in [4.69, 9.17) is 11.5 Å². The number of primary amides is 1. The Bertz CT molecular complexity index is 792. The van der Waals surface area contributed by atoms with E-state index >= 15 is 0 Å². The summed E-state index contributed by atoms with van der Waals surface area (Å²) in [5, 5.41) is 1.81. The van der Waals surface area contributed by atoms with Gasteiger partial charge in [-0.1, -0.05) is 18.2 Å². The van der Waals surface area contributed by atoms with E-state index in [1.54, 1.807) is 0 Å². The van der Waals surface area contributed by atoms with Crippen LogP contribution in [0.1, 0.15) is 15.2 Å². The van der Waals surface area contributed by atoms with Crippen molar-refractivity contribution in [3.8, 4) is 0 Å². The molecule has 2 aromatic heterocycles. The average molecular weight is 257 g/mol. The molecule has 0 aliphatic rings. The Balaban J connectivity index is 2.46. The molecule has 0 atom stereocenters. The number of hydrogen-bond acceptors (Lipinski definition) is 4. The van der Waals surface area contributed by atoms with Gasteiger partial charge in [-0.15, -0.1) is 11.3 Å². The highest BCUT2D eigenvalue weighted by Gasteiger charge is 2.15. The highest BCUT2D eigenvalue weighted by Crippen LogP contribution is 2.34. The molecular formula is C13H11N3OS. The lowest BCUT2D eigenvalue weighted by molar-refractivity contribution is 0.100. The molecule has 0 radical (unpaired) electrons. The fraction of sp³-hybridized carbons (Fsp3) is 0.0769. The maximum absolute atomic E-state index is 11.3. The van der Waals surface area contributed by atoms with Gasteiger partial charge >= 0.3 is 0 Å². The Morgan fingerprint density at radius 2 is 2.17 bits per heavy atom. The summed E-state index contributed by atoms with van der Waals surface area (Å²) in [7, 11) is 0. The number of aryl methyl sites for hydroxylation is 1. The summed E-state index contributed by atoms with van der Waals surface area (Å²) >= 11 is 1.24. The van der Waals surface area contributed by atoms with Gasteiger partial charge < -0.3 is 11.5 Å². The van der Waals surface area contributed by atoms with Gasteiger partial charge in [0.2, 0.25) is 0 Å². The second-order valence-electron chi connectivity index (χ2n) is 4.20. The molecule has 0 unspecified atom stereocenters. The zero-order valence-electron chi connectivity index (χ0n) is 9.73. The molecule has 3 rings (SSSR count). The fourth-order valence-corrected chi connectivity index (χ4v) is 2.99. The van der Waals surface area contributed by atoms with Gasteiger partial charge in [-0.3, -0.25) is 4.79 Å². The average Bonchev–Trinajstić information content (AvgIpc) is 2.65. The number of nitrogens with two attached hydrogens (primary N) is 2. The van der Waals surface area contributed by atoms with E-state index in [-0.39, 0.29) is 0 Å². The molecule has 0 saturated carbocycles. The van der Waals surface area contributed by atoms with Gasteiger partial charge in [0.05, 0.1) is 11.2 Å². The van der Waals surface area contributed by atoms with Crippen LogP contribution in [0.5, 0.6) is 0 Å². The highest BCUT2D eigenvalue weighted by atomic mass is 32.1. The number of rotatable bonds is 1. The monoisotopic (exact) mass is 257 g/mol. The van der Waals surface area contributed by atoms with Crippen LogP contribution in [0.2, 0.25) is 0 Å². The minimum Gasteiger partial charge on any atom is -0.397 e. The second kappa shape index (κ2) is 3.68. The molecule has 0 bridgehead atoms. The van der Waals surface area contributed by atoms with Crippen LogP contribution >= 0.6 is 11.3 Å². The van der Waals surface area contributed by atoms with Gasteiger partial charge in [0.25, 0.3) is 5.91 Å². The van der Waals surface area contributed by atoms with Crippen LogP contribution in [0, 0.1) is 6.92 Å². The Morgan fingerprint density at radius 1 is 1.39 bits per heavy atom. The van der Waals surface area contributed by atoms with E-state index in [9.17, 15) is 4.79 Å². The number of aromatic nitrogens is 1. The zero-order valence-corrected chi connectivity index (χ0v) is 10.5. The largest absolute Gasteiger partial charge is 0.397 e. The molecule has 4 N–H and O–H groups in total. The Hall–Kier alpha value is -2.14. The number of thiophene rings is 1. The first-order chi connectivity index (χ1) is 8.58. The predicted octanol–water partition coefficient (Wildman–Crippen LogP) is 2.44. The summed E-state index contributed by atoms with van der Waals surface area (Å²) in [6.45, 7) is 2.01. The quantitative estimate of drug-likeness (QED) is 0.702. The lowest BCUT2D eigenvalue weighted by Gasteiger charge is -2.01. The van der Waals surface area contributed by atoms with Crippen molar-refractivity contribution in [2.24, 2.45) is 5.73 Å². The van der Waals surface area contributed by atoms with Crippen LogP contribution in [0.25, 0.3) is 21.1 Å². The second-order valence-corrected chi connectivity index (χ2v) is 5.20. The number of nitrogen functional groups attached to an aromatic ring is 1. The molecule has 0 fully saturated rings. The lowest BCUT2D eigenvalue weighted by atomic mass is 10.1. The molecule has 0 aliphatic heterocycles. The third kappa shape index (κ3) is 1.44. The van der Waals surface area contributed by atoms with Gasteiger partial charge in [-0.2, -0.15) is 0 Å². The van der Waals surface area contributed by atoms with Crippen molar-refractivity contribution in [1.82, 2.24) is 4.98 Å². The number of benzene rings is 1. The number of para-hydroxylation sites is 1. The standard InChI is InChI=1S/C13H11N3OS/c1-6-3-2-4-7-5-8-9(14)11(12(15)17)18-13(8)16-10(6)7/h2-5H,14H2,1H3,(H2,15,17). The molecular weight excluding hydrogens is 246 g/mol. The molecule has 1 amide bonds. The van der Waals surface area contributed by atoms with E-state index in [1.165, 1.54) is 11.3 Å². The third-order valence-corrected chi connectivity index (χ3v) is 4.10. The number of carbonyl (C=O) groups is 1. The number of amides is 1. The highest BCUT2D eigenvalue weighted by molar-refractivity contribution is 7.21. The number of carbonyl (C=O) groups excluding carboxylic acids is 1. The first-order valence-electron chi connectivity index (χ1n) is 5.46. The van der Waals surface area contributed by atoms with Gasteiger partial charge in [0, 0.05) is 10.8 Å². The summed E-state index contributed by atoms with van der Waals surface area (Å²) in [6, 6.07) is 7.93. The Labute approximate surface area is 107 Å². The van der Waals surface area contributed by atoms with Crippen LogP contribution in [-0.4, -0.2) is 10.9 Å². The van der Waals surface area contributed by atoms with Crippen molar-refractivity contribution in [3.63, 3.8) is 0 Å². The maximum Gasteiger partial charge on any atom is 0.260 e. The summed E-state index contributed by atoms with van der Waals surface area (Å²) in [5.41, 5.74) is 13.7. The molecule has 90 valence electrons. The maximum atomic E-state index is 11.3. The SMILES string of the molecule is Cc1cccc2cc3c(N)c(C(N)=O)sc3nc12. The molecule has 18 heavy (non-hydrogen) atoms. The molecule has 3 aromatic rings. The smallest absolute Gasteiger partial charge is 0.260 e. The number of pyridine rings is 1. The number of anilines is 1. The van der Waals surface area contributed by atoms with Crippen LogP contribution in [0.15, 0.2) is 24.3 Å². The van der Waals surface area contributed by atoms with Crippen molar-refractivity contribution in [2.75, 3.05) is 5.73 Å². The van der Waals surface area contributed by atoms with E-state index in [2.05, 4.69) is 4.98 Å². The third-order valence-electron chi connectivity index (χ3n) is 2.97. The summed E-state index contributed by atoms with van der Waals surface area (Å²) < 4.78 is 0. The topological polar surface area (TPSA) is 82.0 Å². The molecule has 2 heterocycles. The van der Waals surface area contributed by atoms with Gasteiger partial charge in [-0.25, -0.2) is 4.98 Å². The predicted molar refractivity (Wildman–Crippen MR) is 74.8 cm³/mol. The van der Waals surface area contributed by atoms with Crippen LogP contribution in [-0.2, 0) is 0 Å². The first kappa shape index (κ1) is 11.0. The molecule has 4 nitrogen and oxygen atoms in total. The fourth-order valence-electron chi connectivity index (χ4n) is 2.06. The van der Waals surface area contributed by atoms with Crippen LogP contribution in [0.3, 0.4) is 0 Å². The number of hydrogen-bond donors (Lipinski definition) is 2. The Kier molecular flexibility index (Phi) is 2.24. The minimum atomic E-state index is -0.503. The molecule has 1 aromatic carbocycles. The summed E-state index contributed by atoms with van der Waals surface area (Å²) in [6.07, 6.45) is 0. The van der Waals surface area contributed by atoms with Crippen LogP contribution in [0.4, 0.5) is 5.69 Å².